The zero-order valence-electron chi connectivity index (χ0n) is 11.2. The highest BCUT2D eigenvalue weighted by atomic mass is 19.1. The number of rotatable bonds is 5. The van der Waals surface area contributed by atoms with Crippen molar-refractivity contribution in [1.82, 2.24) is 10.2 Å². The van der Waals surface area contributed by atoms with Crippen LogP contribution in [0, 0.1) is 5.82 Å². The predicted octanol–water partition coefficient (Wildman–Crippen LogP) is 2.79. The van der Waals surface area contributed by atoms with E-state index in [9.17, 15) is 4.39 Å². The smallest absolute Gasteiger partial charge is 0.123 e. The Hall–Kier alpha value is -0.930. The lowest BCUT2D eigenvalue weighted by atomic mass is 10.1. The van der Waals surface area contributed by atoms with E-state index in [-0.39, 0.29) is 5.82 Å². The van der Waals surface area contributed by atoms with E-state index >= 15 is 0 Å². The average molecular weight is 250 g/mol. The van der Waals surface area contributed by atoms with Gasteiger partial charge in [-0.15, -0.1) is 0 Å². The van der Waals surface area contributed by atoms with Crippen LogP contribution in [0.25, 0.3) is 0 Å². The third kappa shape index (κ3) is 4.07. The third-order valence-corrected chi connectivity index (χ3v) is 3.67. The first-order chi connectivity index (χ1) is 8.75. The van der Waals surface area contributed by atoms with Crippen molar-refractivity contribution in [1.29, 1.82) is 0 Å². The van der Waals surface area contributed by atoms with Crippen molar-refractivity contribution < 1.29 is 4.39 Å². The molecule has 0 spiro atoms. The summed E-state index contributed by atoms with van der Waals surface area (Å²) in [6.07, 6.45) is 4.03. The van der Waals surface area contributed by atoms with E-state index in [1.807, 2.05) is 6.07 Å². The predicted molar refractivity (Wildman–Crippen MR) is 73.0 cm³/mol. The number of halogens is 1. The molecular formula is C15H23FN2. The Kier molecular flexibility index (Phi) is 5.14. The van der Waals surface area contributed by atoms with E-state index in [0.29, 0.717) is 6.04 Å². The van der Waals surface area contributed by atoms with Gasteiger partial charge < -0.3 is 5.32 Å². The van der Waals surface area contributed by atoms with E-state index in [2.05, 4.69) is 17.1 Å². The molecule has 1 aliphatic rings. The Balaban J connectivity index is 1.71. The lowest BCUT2D eigenvalue weighted by Gasteiger charge is -2.32. The maximum absolute atomic E-state index is 13.0. The Morgan fingerprint density at radius 3 is 2.78 bits per heavy atom. The van der Waals surface area contributed by atoms with Crippen LogP contribution >= 0.6 is 0 Å². The Morgan fingerprint density at radius 2 is 2.06 bits per heavy atom. The van der Waals surface area contributed by atoms with Gasteiger partial charge in [-0.2, -0.15) is 0 Å². The molecule has 0 aromatic heterocycles. The summed E-state index contributed by atoms with van der Waals surface area (Å²) in [6, 6.07) is 7.37. The minimum atomic E-state index is -0.154. The molecule has 18 heavy (non-hydrogen) atoms. The Bertz CT molecular complexity index is 361. The van der Waals surface area contributed by atoms with Crippen LogP contribution in [0.4, 0.5) is 4.39 Å². The first-order valence-corrected chi connectivity index (χ1v) is 6.95. The van der Waals surface area contributed by atoms with Crippen molar-refractivity contribution in [2.45, 2.75) is 38.8 Å². The van der Waals surface area contributed by atoms with Crippen molar-refractivity contribution in [3.8, 4) is 0 Å². The lowest BCUT2D eigenvalue weighted by Crippen LogP contribution is -2.42. The monoisotopic (exact) mass is 250 g/mol. The fraction of sp³-hybridized carbons (Fsp3) is 0.600. The maximum Gasteiger partial charge on any atom is 0.123 e. The van der Waals surface area contributed by atoms with E-state index in [1.165, 1.54) is 38.4 Å². The molecule has 0 aliphatic carbocycles. The molecule has 0 amide bonds. The summed E-state index contributed by atoms with van der Waals surface area (Å²) in [5.41, 5.74) is 1.01. The highest BCUT2D eigenvalue weighted by Crippen LogP contribution is 2.11. The van der Waals surface area contributed by atoms with E-state index in [4.69, 9.17) is 0 Å². The molecule has 1 unspecified atom stereocenters. The summed E-state index contributed by atoms with van der Waals surface area (Å²) >= 11 is 0. The van der Waals surface area contributed by atoms with Gasteiger partial charge in [-0.3, -0.25) is 4.90 Å². The molecule has 1 aromatic rings. The standard InChI is InChI=1S/C15H23FN2/c1-13(18-8-3-2-4-9-18)11-17-12-14-6-5-7-15(16)10-14/h5-7,10,13,17H,2-4,8-9,11-12H2,1H3. The number of nitrogens with one attached hydrogen (secondary N) is 1. The minimum absolute atomic E-state index is 0.154. The molecule has 1 atom stereocenters. The van der Waals surface area contributed by atoms with Crippen LogP contribution in [-0.4, -0.2) is 30.6 Å². The zero-order valence-corrected chi connectivity index (χ0v) is 11.2. The SMILES string of the molecule is CC(CNCc1cccc(F)c1)N1CCCCC1. The number of hydrogen-bond donors (Lipinski definition) is 1. The Labute approximate surface area is 109 Å². The van der Waals surface area contributed by atoms with E-state index in [1.54, 1.807) is 12.1 Å². The van der Waals surface area contributed by atoms with Crippen LogP contribution in [0.3, 0.4) is 0 Å². The lowest BCUT2D eigenvalue weighted by molar-refractivity contribution is 0.170. The van der Waals surface area contributed by atoms with Crippen LogP contribution < -0.4 is 5.32 Å². The number of benzene rings is 1. The van der Waals surface area contributed by atoms with Crippen LogP contribution in [0.5, 0.6) is 0 Å². The van der Waals surface area contributed by atoms with Gasteiger partial charge in [-0.05, 0) is 50.6 Å². The summed E-state index contributed by atoms with van der Waals surface area (Å²) in [4.78, 5) is 2.54. The van der Waals surface area contributed by atoms with Gasteiger partial charge in [-0.1, -0.05) is 18.6 Å². The summed E-state index contributed by atoms with van der Waals surface area (Å²) in [5.74, 6) is -0.154. The second-order valence-corrected chi connectivity index (χ2v) is 5.21. The molecule has 0 saturated carbocycles. The molecule has 1 heterocycles. The molecule has 1 saturated heterocycles. The molecule has 1 aromatic carbocycles. The molecule has 2 rings (SSSR count). The van der Waals surface area contributed by atoms with E-state index in [0.717, 1.165) is 18.7 Å². The first kappa shape index (κ1) is 13.5. The van der Waals surface area contributed by atoms with Crippen LogP contribution in [0.15, 0.2) is 24.3 Å². The van der Waals surface area contributed by atoms with Gasteiger partial charge in [0.1, 0.15) is 5.82 Å². The van der Waals surface area contributed by atoms with Gasteiger partial charge in [0.2, 0.25) is 0 Å². The average Bonchev–Trinajstić information content (AvgIpc) is 2.40. The third-order valence-electron chi connectivity index (χ3n) is 3.67. The molecule has 1 aliphatic heterocycles. The van der Waals surface area contributed by atoms with Gasteiger partial charge in [0, 0.05) is 19.1 Å². The highest BCUT2D eigenvalue weighted by Gasteiger charge is 2.15. The number of nitrogens with zero attached hydrogens (tertiary/aromatic N) is 1. The molecule has 1 N–H and O–H groups in total. The quantitative estimate of drug-likeness (QED) is 0.864. The normalized spacial score (nSPS) is 18.8. The first-order valence-electron chi connectivity index (χ1n) is 6.95. The largest absolute Gasteiger partial charge is 0.311 e. The molecular weight excluding hydrogens is 227 g/mol. The molecule has 0 radical (unpaired) electrons. The molecule has 100 valence electrons. The number of likely N-dealkylation sites (tertiary alicyclic amines) is 1. The Morgan fingerprint density at radius 1 is 1.28 bits per heavy atom. The van der Waals surface area contributed by atoms with Crippen molar-refractivity contribution in [2.75, 3.05) is 19.6 Å². The van der Waals surface area contributed by atoms with Gasteiger partial charge >= 0.3 is 0 Å². The van der Waals surface area contributed by atoms with Crippen molar-refractivity contribution in [3.05, 3.63) is 35.6 Å². The topological polar surface area (TPSA) is 15.3 Å². The van der Waals surface area contributed by atoms with Crippen LogP contribution in [-0.2, 0) is 6.54 Å². The van der Waals surface area contributed by atoms with Gasteiger partial charge in [0.15, 0.2) is 0 Å². The van der Waals surface area contributed by atoms with Gasteiger partial charge in [0.05, 0.1) is 0 Å². The van der Waals surface area contributed by atoms with Crippen LogP contribution in [0.1, 0.15) is 31.7 Å². The zero-order chi connectivity index (χ0) is 12.8. The van der Waals surface area contributed by atoms with Gasteiger partial charge in [-0.25, -0.2) is 4.39 Å². The summed E-state index contributed by atoms with van der Waals surface area (Å²) < 4.78 is 13.0. The summed E-state index contributed by atoms with van der Waals surface area (Å²) in [5, 5.41) is 3.42. The summed E-state index contributed by atoms with van der Waals surface area (Å²) in [7, 11) is 0. The van der Waals surface area contributed by atoms with Gasteiger partial charge in [0.25, 0.3) is 0 Å². The summed E-state index contributed by atoms with van der Waals surface area (Å²) in [6.45, 7) is 6.43. The molecule has 2 nitrogen and oxygen atoms in total. The second-order valence-electron chi connectivity index (χ2n) is 5.21. The molecule has 1 fully saturated rings. The minimum Gasteiger partial charge on any atom is -0.311 e. The van der Waals surface area contributed by atoms with Crippen molar-refractivity contribution >= 4 is 0 Å². The number of piperidine rings is 1. The van der Waals surface area contributed by atoms with Crippen molar-refractivity contribution in [3.63, 3.8) is 0 Å². The molecule has 3 heteroatoms. The van der Waals surface area contributed by atoms with E-state index < -0.39 is 0 Å². The fourth-order valence-corrected chi connectivity index (χ4v) is 2.56. The highest BCUT2D eigenvalue weighted by molar-refractivity contribution is 5.15. The fourth-order valence-electron chi connectivity index (χ4n) is 2.56. The van der Waals surface area contributed by atoms with Crippen molar-refractivity contribution in [2.24, 2.45) is 0 Å². The second kappa shape index (κ2) is 6.86. The molecule has 0 bridgehead atoms. The number of hydrogen-bond acceptors (Lipinski definition) is 2. The maximum atomic E-state index is 13.0. The van der Waals surface area contributed by atoms with Crippen LogP contribution in [0.2, 0.25) is 0 Å².